The van der Waals surface area contributed by atoms with Crippen LogP contribution in [0.2, 0.25) is 5.02 Å². The molecular formula is C30H25ClF4N2O4S. The second-order valence-corrected chi connectivity index (χ2v) is 12.0. The molecule has 0 spiro atoms. The molecule has 0 radical (unpaired) electrons. The number of hydrogen-bond donors (Lipinski definition) is 0. The van der Waals surface area contributed by atoms with E-state index in [4.69, 9.17) is 21.1 Å². The predicted octanol–water partition coefficient (Wildman–Crippen LogP) is 7.38. The van der Waals surface area contributed by atoms with Crippen LogP contribution in [0.15, 0.2) is 77.7 Å². The average Bonchev–Trinajstić information content (AvgIpc) is 3.38. The standard InChI is InChI=1S/C30H25ClF4N2O4S/c1-40-21-9-6-19(27(16-21)41-2)17-37(29-5-3-4-28(32)36-29)42(38,39)22-10-13-23-18(14-22)7-11-24(23)25-12-8-20(15-26(25)31)30(33,34)35/h3-6,8-10,12-16,24H,7,11,17H2,1-2H3. The van der Waals surface area contributed by atoms with Crippen molar-refractivity contribution in [2.75, 3.05) is 18.5 Å². The predicted molar refractivity (Wildman–Crippen MR) is 150 cm³/mol. The molecule has 1 unspecified atom stereocenters. The summed E-state index contributed by atoms with van der Waals surface area (Å²) in [5.41, 5.74) is 1.70. The molecule has 6 nitrogen and oxygen atoms in total. The Balaban J connectivity index is 1.52. The van der Waals surface area contributed by atoms with Crippen molar-refractivity contribution in [3.05, 3.63) is 112 Å². The molecule has 0 saturated heterocycles. The molecule has 0 saturated carbocycles. The number of sulfonamides is 1. The summed E-state index contributed by atoms with van der Waals surface area (Å²) in [6.45, 7) is -0.215. The van der Waals surface area contributed by atoms with E-state index in [0.29, 0.717) is 35.5 Å². The second-order valence-electron chi connectivity index (χ2n) is 9.69. The number of ether oxygens (including phenoxy) is 2. The largest absolute Gasteiger partial charge is 0.497 e. The van der Waals surface area contributed by atoms with Gasteiger partial charge in [-0.05, 0) is 78.1 Å². The molecule has 0 amide bonds. The summed E-state index contributed by atoms with van der Waals surface area (Å²) < 4.78 is 93.4. The Hall–Kier alpha value is -3.83. The summed E-state index contributed by atoms with van der Waals surface area (Å²) in [5, 5.41) is -0.00355. The van der Waals surface area contributed by atoms with E-state index < -0.39 is 27.7 Å². The van der Waals surface area contributed by atoms with Crippen LogP contribution >= 0.6 is 11.6 Å². The molecule has 42 heavy (non-hydrogen) atoms. The van der Waals surface area contributed by atoms with Gasteiger partial charge in [-0.1, -0.05) is 29.8 Å². The molecule has 1 aliphatic carbocycles. The molecule has 1 atom stereocenters. The SMILES string of the molecule is COc1ccc(CN(c2cccc(F)n2)S(=O)(=O)c2ccc3c(c2)CCC3c2ccc(C(F)(F)F)cc2Cl)c(OC)c1. The summed E-state index contributed by atoms with van der Waals surface area (Å²) in [5.74, 6) is -0.384. The van der Waals surface area contributed by atoms with Crippen molar-refractivity contribution in [3.63, 3.8) is 0 Å². The maximum Gasteiger partial charge on any atom is 0.416 e. The fourth-order valence-electron chi connectivity index (χ4n) is 5.15. The molecule has 0 N–H and O–H groups in total. The highest BCUT2D eigenvalue weighted by Gasteiger charge is 2.34. The number of alkyl halides is 3. The van der Waals surface area contributed by atoms with Gasteiger partial charge in [0, 0.05) is 22.6 Å². The maximum atomic E-state index is 14.2. The van der Waals surface area contributed by atoms with Crippen LogP contribution in [-0.2, 0) is 29.2 Å². The number of aromatic nitrogens is 1. The Morgan fingerprint density at radius 3 is 2.40 bits per heavy atom. The van der Waals surface area contributed by atoms with Gasteiger partial charge in [-0.25, -0.2) is 17.7 Å². The molecule has 0 bridgehead atoms. The first-order chi connectivity index (χ1) is 19.9. The van der Waals surface area contributed by atoms with Crippen molar-refractivity contribution in [2.24, 2.45) is 0 Å². The van der Waals surface area contributed by atoms with Crippen LogP contribution < -0.4 is 13.8 Å². The molecule has 4 aromatic rings. The molecular weight excluding hydrogens is 596 g/mol. The number of fused-ring (bicyclic) bond motifs is 1. The molecule has 12 heteroatoms. The normalized spacial score (nSPS) is 14.9. The minimum absolute atomic E-state index is 0.00355. The van der Waals surface area contributed by atoms with Gasteiger partial charge in [0.1, 0.15) is 17.3 Å². The van der Waals surface area contributed by atoms with Gasteiger partial charge in [-0.15, -0.1) is 0 Å². The van der Waals surface area contributed by atoms with E-state index in [1.807, 2.05) is 0 Å². The first-order valence-corrected chi connectivity index (χ1v) is 14.6. The molecule has 3 aromatic carbocycles. The molecule has 0 aliphatic heterocycles. The van der Waals surface area contributed by atoms with Gasteiger partial charge >= 0.3 is 6.18 Å². The Labute approximate surface area is 245 Å². The van der Waals surface area contributed by atoms with Crippen LogP contribution in [0, 0.1) is 5.95 Å². The fraction of sp³-hybridized carbons (Fsp3) is 0.233. The van der Waals surface area contributed by atoms with Crippen LogP contribution in [0.1, 0.15) is 40.2 Å². The van der Waals surface area contributed by atoms with Gasteiger partial charge in [-0.3, -0.25) is 0 Å². The van der Waals surface area contributed by atoms with Crippen molar-refractivity contribution >= 4 is 27.4 Å². The molecule has 0 fully saturated rings. The summed E-state index contributed by atoms with van der Waals surface area (Å²) in [6.07, 6.45) is -3.48. The third-order valence-corrected chi connectivity index (χ3v) is 9.32. The summed E-state index contributed by atoms with van der Waals surface area (Å²) in [4.78, 5) is 3.79. The van der Waals surface area contributed by atoms with Crippen LogP contribution in [-0.4, -0.2) is 27.6 Å². The zero-order chi connectivity index (χ0) is 30.2. The quantitative estimate of drug-likeness (QED) is 0.152. The minimum atomic E-state index is -4.52. The monoisotopic (exact) mass is 620 g/mol. The van der Waals surface area contributed by atoms with E-state index in [-0.39, 0.29) is 28.2 Å². The van der Waals surface area contributed by atoms with E-state index in [2.05, 4.69) is 4.98 Å². The first kappa shape index (κ1) is 29.7. The van der Waals surface area contributed by atoms with E-state index >= 15 is 0 Å². The highest BCUT2D eigenvalue weighted by atomic mass is 35.5. The van der Waals surface area contributed by atoms with Gasteiger partial charge in [0.15, 0.2) is 0 Å². The van der Waals surface area contributed by atoms with E-state index in [1.165, 1.54) is 38.5 Å². The molecule has 5 rings (SSSR count). The molecule has 1 heterocycles. The number of anilines is 1. The van der Waals surface area contributed by atoms with Crippen molar-refractivity contribution in [2.45, 2.75) is 36.4 Å². The summed E-state index contributed by atoms with van der Waals surface area (Å²) >= 11 is 6.27. The third kappa shape index (κ3) is 5.76. The Kier molecular flexibility index (Phi) is 8.08. The third-order valence-electron chi connectivity index (χ3n) is 7.25. The zero-order valence-corrected chi connectivity index (χ0v) is 24.0. The lowest BCUT2D eigenvalue weighted by molar-refractivity contribution is -0.137. The Bertz CT molecular complexity index is 1750. The van der Waals surface area contributed by atoms with Crippen LogP contribution in [0.25, 0.3) is 0 Å². The van der Waals surface area contributed by atoms with E-state index in [1.54, 1.807) is 30.3 Å². The van der Waals surface area contributed by atoms with E-state index in [0.717, 1.165) is 33.6 Å². The number of methoxy groups -OCH3 is 2. The average molecular weight is 621 g/mol. The maximum absolute atomic E-state index is 14.2. The fourth-order valence-corrected chi connectivity index (χ4v) is 6.91. The van der Waals surface area contributed by atoms with Crippen LogP contribution in [0.3, 0.4) is 0 Å². The number of nitrogens with zero attached hydrogens (tertiary/aromatic N) is 2. The first-order valence-electron chi connectivity index (χ1n) is 12.8. The number of rotatable bonds is 8. The van der Waals surface area contributed by atoms with E-state index in [9.17, 15) is 26.0 Å². The van der Waals surface area contributed by atoms with Gasteiger partial charge in [0.05, 0.1) is 31.2 Å². The summed E-state index contributed by atoms with van der Waals surface area (Å²) in [7, 11) is -1.34. The van der Waals surface area contributed by atoms with Crippen molar-refractivity contribution in [1.82, 2.24) is 4.98 Å². The van der Waals surface area contributed by atoms with Gasteiger partial charge < -0.3 is 9.47 Å². The Morgan fingerprint density at radius 1 is 0.976 bits per heavy atom. The van der Waals surface area contributed by atoms with Crippen molar-refractivity contribution < 1.29 is 35.5 Å². The zero-order valence-electron chi connectivity index (χ0n) is 22.5. The number of benzene rings is 3. The molecule has 1 aliphatic rings. The number of halogens is 5. The lowest BCUT2D eigenvalue weighted by Crippen LogP contribution is -2.31. The van der Waals surface area contributed by atoms with Gasteiger partial charge in [0.25, 0.3) is 10.0 Å². The van der Waals surface area contributed by atoms with Crippen LogP contribution in [0.4, 0.5) is 23.4 Å². The number of hydrogen-bond acceptors (Lipinski definition) is 5. The number of aryl methyl sites for hydroxylation is 1. The number of pyridine rings is 1. The molecule has 1 aromatic heterocycles. The van der Waals surface area contributed by atoms with Gasteiger partial charge in [-0.2, -0.15) is 17.6 Å². The summed E-state index contributed by atoms with van der Waals surface area (Å²) in [6, 6.07) is 16.7. The second kappa shape index (κ2) is 11.4. The van der Waals surface area contributed by atoms with Gasteiger partial charge in [0.2, 0.25) is 5.95 Å². The molecule has 220 valence electrons. The van der Waals surface area contributed by atoms with Crippen molar-refractivity contribution in [1.29, 1.82) is 0 Å². The smallest absolute Gasteiger partial charge is 0.416 e. The lowest BCUT2D eigenvalue weighted by atomic mass is 9.92. The van der Waals surface area contributed by atoms with Crippen LogP contribution in [0.5, 0.6) is 11.5 Å². The highest BCUT2D eigenvalue weighted by molar-refractivity contribution is 7.92. The lowest BCUT2D eigenvalue weighted by Gasteiger charge is -2.25. The topological polar surface area (TPSA) is 68.7 Å². The Morgan fingerprint density at radius 2 is 1.74 bits per heavy atom. The highest BCUT2D eigenvalue weighted by Crippen LogP contribution is 2.43. The van der Waals surface area contributed by atoms with Crippen molar-refractivity contribution in [3.8, 4) is 11.5 Å². The minimum Gasteiger partial charge on any atom is -0.497 e.